The lowest BCUT2D eigenvalue weighted by Crippen LogP contribution is -2.40. The van der Waals surface area contributed by atoms with Crippen molar-refractivity contribution in [1.82, 2.24) is 4.72 Å². The second-order valence-electron chi connectivity index (χ2n) is 5.09. The summed E-state index contributed by atoms with van der Waals surface area (Å²) in [5.74, 6) is -2.34. The van der Waals surface area contributed by atoms with Crippen molar-refractivity contribution in [3.05, 3.63) is 29.6 Å². The summed E-state index contributed by atoms with van der Waals surface area (Å²) in [5, 5.41) is 18.4. The maximum absolute atomic E-state index is 13.7. The first-order valence-corrected chi connectivity index (χ1v) is 8.01. The van der Waals surface area contributed by atoms with Gasteiger partial charge in [0, 0.05) is 6.04 Å². The molecule has 0 radical (unpaired) electrons. The molecule has 0 bridgehead atoms. The van der Waals surface area contributed by atoms with Crippen LogP contribution < -0.4 is 4.72 Å². The van der Waals surface area contributed by atoms with Crippen LogP contribution in [0.4, 0.5) is 4.39 Å². The van der Waals surface area contributed by atoms with E-state index in [1.807, 2.05) is 0 Å². The Kier molecular flexibility index (Phi) is 4.60. The molecular formula is C13H16FNO5S. The van der Waals surface area contributed by atoms with E-state index in [4.69, 9.17) is 5.11 Å². The molecule has 2 atom stereocenters. The van der Waals surface area contributed by atoms with Crippen LogP contribution in [0.15, 0.2) is 23.1 Å². The summed E-state index contributed by atoms with van der Waals surface area (Å²) in [5.41, 5.74) is -0.305. The van der Waals surface area contributed by atoms with E-state index in [2.05, 4.69) is 4.72 Å². The third kappa shape index (κ3) is 3.78. The predicted molar refractivity (Wildman–Crippen MR) is 71.9 cm³/mol. The molecule has 1 aromatic rings. The van der Waals surface area contributed by atoms with Gasteiger partial charge < -0.3 is 10.2 Å². The number of sulfonamides is 1. The third-order valence-electron chi connectivity index (χ3n) is 3.44. The van der Waals surface area contributed by atoms with Crippen LogP contribution in [0, 0.1) is 5.82 Å². The van der Waals surface area contributed by atoms with E-state index >= 15 is 0 Å². The monoisotopic (exact) mass is 317 g/mol. The van der Waals surface area contributed by atoms with E-state index in [0.29, 0.717) is 19.3 Å². The smallest absolute Gasteiger partial charge is 0.335 e. The van der Waals surface area contributed by atoms with Gasteiger partial charge in [-0.25, -0.2) is 22.3 Å². The number of hydrogen-bond acceptors (Lipinski definition) is 4. The van der Waals surface area contributed by atoms with Crippen molar-refractivity contribution >= 4 is 16.0 Å². The van der Waals surface area contributed by atoms with Crippen LogP contribution in [-0.2, 0) is 10.0 Å². The van der Waals surface area contributed by atoms with Crippen molar-refractivity contribution in [2.45, 2.75) is 42.7 Å². The lowest BCUT2D eigenvalue weighted by atomic mass is 9.94. The van der Waals surface area contributed by atoms with E-state index in [0.717, 1.165) is 18.2 Å². The maximum atomic E-state index is 13.7. The van der Waals surface area contributed by atoms with Crippen molar-refractivity contribution in [1.29, 1.82) is 0 Å². The second kappa shape index (κ2) is 6.08. The molecule has 0 heterocycles. The highest BCUT2D eigenvalue weighted by Gasteiger charge is 2.27. The molecule has 2 unspecified atom stereocenters. The zero-order valence-electron chi connectivity index (χ0n) is 11.1. The highest BCUT2D eigenvalue weighted by molar-refractivity contribution is 7.89. The Morgan fingerprint density at radius 1 is 1.33 bits per heavy atom. The second-order valence-corrected chi connectivity index (χ2v) is 6.77. The Morgan fingerprint density at radius 2 is 2.05 bits per heavy atom. The molecule has 0 aromatic heterocycles. The maximum Gasteiger partial charge on any atom is 0.335 e. The number of carboxylic acid groups (broad SMARTS) is 1. The number of nitrogens with one attached hydrogen (secondary N) is 1. The molecule has 1 saturated carbocycles. The number of hydrogen-bond donors (Lipinski definition) is 3. The van der Waals surface area contributed by atoms with Gasteiger partial charge in [-0.3, -0.25) is 0 Å². The van der Waals surface area contributed by atoms with Gasteiger partial charge in [-0.1, -0.05) is 0 Å². The fourth-order valence-corrected chi connectivity index (χ4v) is 3.78. The van der Waals surface area contributed by atoms with E-state index in [1.165, 1.54) is 0 Å². The highest BCUT2D eigenvalue weighted by Crippen LogP contribution is 2.22. The fourth-order valence-electron chi connectivity index (χ4n) is 2.40. The Bertz CT molecular complexity index is 646. The minimum atomic E-state index is -4.17. The number of carbonyl (C=O) groups is 1. The number of halogens is 1. The van der Waals surface area contributed by atoms with Crippen LogP contribution in [0.25, 0.3) is 0 Å². The van der Waals surface area contributed by atoms with Gasteiger partial charge in [0.05, 0.1) is 11.7 Å². The number of carboxylic acids is 1. The molecule has 21 heavy (non-hydrogen) atoms. The number of rotatable bonds is 4. The van der Waals surface area contributed by atoms with Crippen LogP contribution in [0.1, 0.15) is 36.0 Å². The Hall–Kier alpha value is -1.51. The fraction of sp³-hybridized carbons (Fsp3) is 0.462. The van der Waals surface area contributed by atoms with E-state index < -0.39 is 38.9 Å². The van der Waals surface area contributed by atoms with Gasteiger partial charge in [-0.2, -0.15) is 0 Å². The van der Waals surface area contributed by atoms with Crippen LogP contribution in [0.2, 0.25) is 0 Å². The van der Waals surface area contributed by atoms with Gasteiger partial charge in [0.15, 0.2) is 0 Å². The van der Waals surface area contributed by atoms with Crippen LogP contribution in [-0.4, -0.2) is 36.7 Å². The van der Waals surface area contributed by atoms with Gasteiger partial charge in [0.25, 0.3) is 0 Å². The minimum absolute atomic E-state index is 0.263. The van der Waals surface area contributed by atoms with Crippen LogP contribution in [0.5, 0.6) is 0 Å². The molecule has 0 amide bonds. The summed E-state index contributed by atoms with van der Waals surface area (Å²) in [6, 6.07) is 2.13. The van der Waals surface area contributed by atoms with Crippen molar-refractivity contribution in [3.8, 4) is 0 Å². The van der Waals surface area contributed by atoms with Crippen LogP contribution in [0.3, 0.4) is 0 Å². The first kappa shape index (κ1) is 15.9. The van der Waals surface area contributed by atoms with Crippen molar-refractivity contribution < 1.29 is 27.8 Å². The average Bonchev–Trinajstić information content (AvgIpc) is 2.38. The molecule has 1 aliphatic rings. The zero-order chi connectivity index (χ0) is 15.6. The van der Waals surface area contributed by atoms with E-state index in [-0.39, 0.29) is 12.0 Å². The Morgan fingerprint density at radius 3 is 2.67 bits per heavy atom. The molecule has 116 valence electrons. The molecule has 8 heteroatoms. The molecular weight excluding hydrogens is 301 g/mol. The van der Waals surface area contributed by atoms with Crippen molar-refractivity contribution in [2.24, 2.45) is 0 Å². The molecule has 2 rings (SSSR count). The summed E-state index contributed by atoms with van der Waals surface area (Å²) in [6.07, 6.45) is 1.52. The third-order valence-corrected chi connectivity index (χ3v) is 4.97. The molecule has 3 N–H and O–H groups in total. The standard InChI is InChI=1S/C13H16FNO5S/c14-11-5-4-8(13(17)18)6-12(11)21(19,20)15-9-2-1-3-10(16)7-9/h4-6,9-10,15-16H,1-3,7H2,(H,17,18). The van der Waals surface area contributed by atoms with Crippen molar-refractivity contribution in [2.75, 3.05) is 0 Å². The number of aliphatic hydroxyl groups is 1. The van der Waals surface area contributed by atoms with Gasteiger partial charge in [-0.15, -0.1) is 0 Å². The normalized spacial score (nSPS) is 23.0. The predicted octanol–water partition coefficient (Wildman–Crippen LogP) is 1.11. The lowest BCUT2D eigenvalue weighted by Gasteiger charge is -2.26. The molecule has 6 nitrogen and oxygen atoms in total. The molecule has 1 fully saturated rings. The Labute approximate surface area is 121 Å². The summed E-state index contributed by atoms with van der Waals surface area (Å²) >= 11 is 0. The first-order valence-electron chi connectivity index (χ1n) is 6.53. The molecule has 0 spiro atoms. The minimum Gasteiger partial charge on any atom is -0.478 e. The van der Waals surface area contributed by atoms with Crippen molar-refractivity contribution in [3.63, 3.8) is 0 Å². The quantitative estimate of drug-likeness (QED) is 0.771. The zero-order valence-corrected chi connectivity index (χ0v) is 11.9. The highest BCUT2D eigenvalue weighted by atomic mass is 32.2. The van der Waals surface area contributed by atoms with E-state index in [9.17, 15) is 22.7 Å². The van der Waals surface area contributed by atoms with Crippen LogP contribution >= 0.6 is 0 Å². The van der Waals surface area contributed by atoms with Gasteiger partial charge in [0.2, 0.25) is 10.0 Å². The average molecular weight is 317 g/mol. The summed E-state index contributed by atoms with van der Waals surface area (Å²) in [4.78, 5) is 10.2. The Balaban J connectivity index is 2.26. The summed E-state index contributed by atoms with van der Waals surface area (Å²) in [7, 11) is -4.17. The van der Waals surface area contributed by atoms with E-state index in [1.54, 1.807) is 0 Å². The summed E-state index contributed by atoms with van der Waals surface area (Å²) in [6.45, 7) is 0. The SMILES string of the molecule is O=C(O)c1ccc(F)c(S(=O)(=O)NC2CCCC(O)C2)c1. The topological polar surface area (TPSA) is 104 Å². The lowest BCUT2D eigenvalue weighted by molar-refractivity contribution is 0.0696. The first-order chi connectivity index (χ1) is 9.79. The largest absolute Gasteiger partial charge is 0.478 e. The van der Waals surface area contributed by atoms with Gasteiger partial charge in [-0.05, 0) is 43.9 Å². The van der Waals surface area contributed by atoms with Gasteiger partial charge in [0.1, 0.15) is 10.7 Å². The summed E-state index contributed by atoms with van der Waals surface area (Å²) < 4.78 is 40.4. The molecule has 0 saturated heterocycles. The molecule has 1 aromatic carbocycles. The number of aliphatic hydroxyl groups excluding tert-OH is 1. The molecule has 0 aliphatic heterocycles. The number of benzene rings is 1. The molecule has 1 aliphatic carbocycles. The number of aromatic carboxylic acids is 1. The van der Waals surface area contributed by atoms with Gasteiger partial charge >= 0.3 is 5.97 Å².